The third-order valence-corrected chi connectivity index (χ3v) is 4.26. The Hall–Kier alpha value is -2.74. The van der Waals surface area contributed by atoms with E-state index in [1.165, 1.54) is 22.9 Å². The van der Waals surface area contributed by atoms with Gasteiger partial charge < -0.3 is 14.7 Å². The number of carboxylic acids is 1. The van der Waals surface area contributed by atoms with Gasteiger partial charge in [-0.1, -0.05) is 0 Å². The highest BCUT2D eigenvalue weighted by molar-refractivity contribution is 5.98. The number of hydrogen-bond acceptors (Lipinski definition) is 5. The minimum absolute atomic E-state index is 0.0369. The Balaban J connectivity index is 1.89. The zero-order valence-electron chi connectivity index (χ0n) is 13.3. The van der Waals surface area contributed by atoms with Crippen molar-refractivity contribution in [2.75, 3.05) is 20.3 Å². The van der Waals surface area contributed by atoms with Crippen LogP contribution in [0.1, 0.15) is 23.2 Å². The molecule has 1 amide bonds. The summed E-state index contributed by atoms with van der Waals surface area (Å²) in [5, 5.41) is 13.8. The van der Waals surface area contributed by atoms with Crippen molar-refractivity contribution < 1.29 is 19.4 Å². The maximum atomic E-state index is 12.8. The first-order chi connectivity index (χ1) is 11.6. The zero-order chi connectivity index (χ0) is 17.2. The highest BCUT2D eigenvalue weighted by Crippen LogP contribution is 2.31. The van der Waals surface area contributed by atoms with Crippen LogP contribution in [-0.4, -0.2) is 62.4 Å². The van der Waals surface area contributed by atoms with Gasteiger partial charge in [0.2, 0.25) is 0 Å². The molecule has 1 aliphatic heterocycles. The SMILES string of the molecule is COCC1(C(=O)O)CCCN1C(=O)c1cnn(-c2cccnc2)c1. The summed E-state index contributed by atoms with van der Waals surface area (Å²) in [7, 11) is 1.44. The topological polar surface area (TPSA) is 97.5 Å². The van der Waals surface area contributed by atoms with Gasteiger partial charge in [-0.25, -0.2) is 9.48 Å². The normalized spacial score (nSPS) is 20.3. The van der Waals surface area contributed by atoms with Gasteiger partial charge in [0.15, 0.2) is 5.54 Å². The zero-order valence-corrected chi connectivity index (χ0v) is 13.3. The number of carbonyl (C=O) groups excluding carboxylic acids is 1. The lowest BCUT2D eigenvalue weighted by atomic mass is 9.97. The van der Waals surface area contributed by atoms with E-state index < -0.39 is 11.5 Å². The van der Waals surface area contributed by atoms with Crippen LogP contribution >= 0.6 is 0 Å². The Morgan fingerprint density at radius 1 is 1.42 bits per heavy atom. The maximum absolute atomic E-state index is 12.8. The molecule has 1 unspecified atom stereocenters. The third-order valence-electron chi connectivity index (χ3n) is 4.26. The lowest BCUT2D eigenvalue weighted by molar-refractivity contribution is -0.151. The average molecular weight is 330 g/mol. The van der Waals surface area contributed by atoms with Crippen LogP contribution in [-0.2, 0) is 9.53 Å². The molecule has 24 heavy (non-hydrogen) atoms. The molecular weight excluding hydrogens is 312 g/mol. The summed E-state index contributed by atoms with van der Waals surface area (Å²) in [4.78, 5) is 30.0. The second-order valence-electron chi connectivity index (χ2n) is 5.71. The van der Waals surface area contributed by atoms with E-state index in [9.17, 15) is 14.7 Å². The highest BCUT2D eigenvalue weighted by Gasteiger charge is 2.50. The second kappa shape index (κ2) is 6.40. The molecule has 1 aliphatic rings. The Labute approximate surface area is 138 Å². The number of pyridine rings is 1. The van der Waals surface area contributed by atoms with Crippen LogP contribution in [0.15, 0.2) is 36.9 Å². The van der Waals surface area contributed by atoms with Crippen LogP contribution in [0.2, 0.25) is 0 Å². The standard InChI is InChI=1S/C16H18N4O4/c1-24-11-16(15(22)23)5-3-7-19(16)14(21)12-8-18-20(10-12)13-4-2-6-17-9-13/h2,4,6,8-10H,3,5,7,11H2,1H3,(H,22,23). The van der Waals surface area contributed by atoms with Crippen LogP contribution in [0.5, 0.6) is 0 Å². The number of carbonyl (C=O) groups is 2. The highest BCUT2D eigenvalue weighted by atomic mass is 16.5. The fourth-order valence-corrected chi connectivity index (χ4v) is 3.07. The lowest BCUT2D eigenvalue weighted by Gasteiger charge is -2.33. The van der Waals surface area contributed by atoms with Gasteiger partial charge in [-0.15, -0.1) is 0 Å². The first-order valence-corrected chi connectivity index (χ1v) is 7.58. The molecule has 1 fully saturated rings. The van der Waals surface area contributed by atoms with Gasteiger partial charge in [0.1, 0.15) is 0 Å². The number of amides is 1. The molecule has 0 radical (unpaired) electrons. The van der Waals surface area contributed by atoms with E-state index in [0.717, 1.165) is 5.69 Å². The number of nitrogens with zero attached hydrogens (tertiary/aromatic N) is 4. The molecule has 1 N–H and O–H groups in total. The molecular formula is C16H18N4O4. The number of aliphatic carboxylic acids is 1. The van der Waals surface area contributed by atoms with Crippen molar-refractivity contribution in [1.29, 1.82) is 0 Å². The summed E-state index contributed by atoms with van der Waals surface area (Å²) >= 11 is 0. The molecule has 0 saturated carbocycles. The maximum Gasteiger partial charge on any atom is 0.332 e. The van der Waals surface area contributed by atoms with Gasteiger partial charge in [0.05, 0.1) is 30.3 Å². The van der Waals surface area contributed by atoms with Gasteiger partial charge in [-0.05, 0) is 25.0 Å². The van der Waals surface area contributed by atoms with Gasteiger partial charge >= 0.3 is 5.97 Å². The Morgan fingerprint density at radius 3 is 2.92 bits per heavy atom. The Bertz CT molecular complexity index is 746. The van der Waals surface area contributed by atoms with Gasteiger partial charge in [-0.2, -0.15) is 5.10 Å². The molecule has 3 heterocycles. The molecule has 8 nitrogen and oxygen atoms in total. The third kappa shape index (κ3) is 2.65. The fraction of sp³-hybridized carbons (Fsp3) is 0.375. The van der Waals surface area contributed by atoms with Crippen LogP contribution in [0, 0.1) is 0 Å². The lowest BCUT2D eigenvalue weighted by Crippen LogP contribution is -2.56. The molecule has 2 aromatic rings. The number of methoxy groups -OCH3 is 1. The van der Waals surface area contributed by atoms with Gasteiger partial charge in [0.25, 0.3) is 5.91 Å². The number of carboxylic acid groups (broad SMARTS) is 1. The predicted molar refractivity (Wildman–Crippen MR) is 83.9 cm³/mol. The number of likely N-dealkylation sites (tertiary alicyclic amines) is 1. The monoisotopic (exact) mass is 330 g/mol. The first-order valence-electron chi connectivity index (χ1n) is 7.58. The van der Waals surface area contributed by atoms with E-state index in [0.29, 0.717) is 24.9 Å². The number of ether oxygens (including phenoxy) is 1. The van der Waals surface area contributed by atoms with Crippen molar-refractivity contribution in [2.24, 2.45) is 0 Å². The first kappa shape index (κ1) is 16.1. The van der Waals surface area contributed by atoms with Crippen molar-refractivity contribution in [3.8, 4) is 5.69 Å². The average Bonchev–Trinajstić information content (AvgIpc) is 3.23. The quantitative estimate of drug-likeness (QED) is 0.877. The van der Waals surface area contributed by atoms with Crippen molar-refractivity contribution in [2.45, 2.75) is 18.4 Å². The van der Waals surface area contributed by atoms with Crippen molar-refractivity contribution in [3.05, 3.63) is 42.5 Å². The summed E-state index contributed by atoms with van der Waals surface area (Å²) in [6.45, 7) is 0.345. The molecule has 1 atom stereocenters. The van der Waals surface area contributed by atoms with E-state index >= 15 is 0 Å². The Morgan fingerprint density at radius 2 is 2.25 bits per heavy atom. The second-order valence-corrected chi connectivity index (χ2v) is 5.71. The number of aromatic nitrogens is 3. The molecule has 0 bridgehead atoms. The van der Waals surface area contributed by atoms with E-state index in [-0.39, 0.29) is 12.5 Å². The van der Waals surface area contributed by atoms with E-state index in [1.807, 2.05) is 6.07 Å². The van der Waals surface area contributed by atoms with E-state index in [2.05, 4.69) is 10.1 Å². The Kier molecular flexibility index (Phi) is 4.30. The molecule has 0 aromatic carbocycles. The molecule has 0 spiro atoms. The summed E-state index contributed by atoms with van der Waals surface area (Å²) in [6, 6.07) is 3.59. The molecule has 126 valence electrons. The number of hydrogen-bond donors (Lipinski definition) is 1. The fourth-order valence-electron chi connectivity index (χ4n) is 3.07. The van der Waals surface area contributed by atoms with Gasteiger partial charge in [-0.3, -0.25) is 9.78 Å². The van der Waals surface area contributed by atoms with Crippen molar-refractivity contribution in [3.63, 3.8) is 0 Å². The molecule has 2 aromatic heterocycles. The number of rotatable bonds is 5. The summed E-state index contributed by atoms with van der Waals surface area (Å²) < 4.78 is 6.61. The minimum atomic E-state index is -1.32. The predicted octanol–water partition coefficient (Wildman–Crippen LogP) is 0.973. The van der Waals surface area contributed by atoms with Gasteiger partial charge in [0, 0.05) is 26.0 Å². The summed E-state index contributed by atoms with van der Waals surface area (Å²) in [5.74, 6) is -1.41. The summed E-state index contributed by atoms with van der Waals surface area (Å²) in [6.07, 6.45) is 7.29. The van der Waals surface area contributed by atoms with E-state index in [4.69, 9.17) is 4.74 Å². The van der Waals surface area contributed by atoms with Crippen molar-refractivity contribution >= 4 is 11.9 Å². The van der Waals surface area contributed by atoms with Crippen LogP contribution in [0.3, 0.4) is 0 Å². The van der Waals surface area contributed by atoms with E-state index in [1.54, 1.807) is 24.7 Å². The van der Waals surface area contributed by atoms with Crippen molar-refractivity contribution in [1.82, 2.24) is 19.7 Å². The minimum Gasteiger partial charge on any atom is -0.479 e. The summed E-state index contributed by atoms with van der Waals surface area (Å²) in [5.41, 5.74) is -0.260. The molecule has 3 rings (SSSR count). The smallest absolute Gasteiger partial charge is 0.332 e. The van der Waals surface area contributed by atoms with Crippen LogP contribution in [0.4, 0.5) is 0 Å². The molecule has 0 aliphatic carbocycles. The molecule has 1 saturated heterocycles. The molecule has 8 heteroatoms. The largest absolute Gasteiger partial charge is 0.479 e. The van der Waals surface area contributed by atoms with Crippen LogP contribution < -0.4 is 0 Å². The van der Waals surface area contributed by atoms with Crippen LogP contribution in [0.25, 0.3) is 5.69 Å².